The normalized spacial score (nSPS) is 12.1. The van der Waals surface area contributed by atoms with Gasteiger partial charge < -0.3 is 10.6 Å². The molecule has 1 rings (SSSR count). The minimum atomic E-state index is -0.188. The molecule has 76 valence electrons. The van der Waals surface area contributed by atoms with Gasteiger partial charge in [0.2, 0.25) is 5.91 Å². The first kappa shape index (κ1) is 10.6. The van der Waals surface area contributed by atoms with Crippen molar-refractivity contribution >= 4 is 5.91 Å². The quantitative estimate of drug-likeness (QED) is 0.690. The van der Waals surface area contributed by atoms with Gasteiger partial charge in [-0.05, 0) is 26.1 Å². The van der Waals surface area contributed by atoms with Gasteiger partial charge in [-0.1, -0.05) is 0 Å². The Morgan fingerprint density at radius 3 is 3.00 bits per heavy atom. The summed E-state index contributed by atoms with van der Waals surface area (Å²) in [5.41, 5.74) is 0.754. The maximum atomic E-state index is 11.3. The molecule has 0 bridgehead atoms. The van der Waals surface area contributed by atoms with Crippen molar-refractivity contribution in [3.05, 3.63) is 24.0 Å². The van der Waals surface area contributed by atoms with Crippen molar-refractivity contribution in [2.45, 2.75) is 19.5 Å². The van der Waals surface area contributed by atoms with Gasteiger partial charge in [0, 0.05) is 6.20 Å². The molecule has 0 radical (unpaired) electrons. The van der Waals surface area contributed by atoms with Gasteiger partial charge in [-0.25, -0.2) is 0 Å². The van der Waals surface area contributed by atoms with Crippen LogP contribution >= 0.6 is 0 Å². The fourth-order valence-electron chi connectivity index (χ4n) is 0.890. The van der Waals surface area contributed by atoms with Crippen molar-refractivity contribution in [1.82, 2.24) is 20.8 Å². The van der Waals surface area contributed by atoms with E-state index in [0.29, 0.717) is 6.54 Å². The summed E-state index contributed by atoms with van der Waals surface area (Å²) >= 11 is 0. The van der Waals surface area contributed by atoms with Crippen molar-refractivity contribution in [2.75, 3.05) is 7.05 Å². The lowest BCUT2D eigenvalue weighted by atomic mass is 10.3. The number of nitrogens with one attached hydrogen (secondary N) is 2. The molecule has 5 heteroatoms. The van der Waals surface area contributed by atoms with Gasteiger partial charge in [-0.15, -0.1) is 0 Å². The second-order valence-corrected chi connectivity index (χ2v) is 2.94. The van der Waals surface area contributed by atoms with Crippen LogP contribution in [-0.4, -0.2) is 29.2 Å². The zero-order valence-corrected chi connectivity index (χ0v) is 8.32. The summed E-state index contributed by atoms with van der Waals surface area (Å²) in [6, 6.07) is 3.42. The van der Waals surface area contributed by atoms with Gasteiger partial charge in [-0.2, -0.15) is 10.2 Å². The Morgan fingerprint density at radius 1 is 1.64 bits per heavy atom. The molecule has 5 nitrogen and oxygen atoms in total. The minimum Gasteiger partial charge on any atom is -0.349 e. The van der Waals surface area contributed by atoms with Crippen LogP contribution in [0.1, 0.15) is 12.6 Å². The molecule has 0 saturated heterocycles. The predicted molar refractivity (Wildman–Crippen MR) is 52.4 cm³/mol. The summed E-state index contributed by atoms with van der Waals surface area (Å²) in [5, 5.41) is 13.2. The zero-order valence-electron chi connectivity index (χ0n) is 8.32. The Labute approximate surface area is 82.9 Å². The maximum absolute atomic E-state index is 11.3. The number of likely N-dealkylation sites (N-methyl/N-ethyl adjacent to an activating group) is 1. The molecule has 0 spiro atoms. The standard InChI is InChI=1S/C9H14N4O/c1-7(10-2)9(14)11-6-8-4-3-5-12-13-8/h3-5,7,10H,6H2,1-2H3,(H,11,14). The molecular formula is C9H14N4O. The van der Waals surface area contributed by atoms with E-state index in [1.54, 1.807) is 26.2 Å². The minimum absolute atomic E-state index is 0.0434. The summed E-state index contributed by atoms with van der Waals surface area (Å²) in [5.74, 6) is -0.0434. The van der Waals surface area contributed by atoms with Gasteiger partial charge in [0.25, 0.3) is 0 Å². The fourth-order valence-corrected chi connectivity index (χ4v) is 0.890. The van der Waals surface area contributed by atoms with E-state index < -0.39 is 0 Å². The number of hydrogen-bond acceptors (Lipinski definition) is 4. The van der Waals surface area contributed by atoms with Crippen LogP contribution in [0.2, 0.25) is 0 Å². The molecule has 0 saturated carbocycles. The third-order valence-corrected chi connectivity index (χ3v) is 1.90. The molecule has 1 aromatic rings. The van der Waals surface area contributed by atoms with E-state index in [4.69, 9.17) is 0 Å². The Kier molecular flexibility index (Phi) is 4.00. The molecule has 14 heavy (non-hydrogen) atoms. The van der Waals surface area contributed by atoms with Gasteiger partial charge >= 0.3 is 0 Å². The molecule has 1 heterocycles. The average Bonchev–Trinajstić information content (AvgIpc) is 2.26. The molecule has 0 aliphatic heterocycles. The summed E-state index contributed by atoms with van der Waals surface area (Å²) in [6.45, 7) is 2.21. The highest BCUT2D eigenvalue weighted by Crippen LogP contribution is 1.90. The first-order chi connectivity index (χ1) is 6.74. The second-order valence-electron chi connectivity index (χ2n) is 2.94. The summed E-state index contributed by atoms with van der Waals surface area (Å²) in [6.07, 6.45) is 1.60. The SMILES string of the molecule is CNC(C)C(=O)NCc1cccnn1. The summed E-state index contributed by atoms with van der Waals surface area (Å²) in [7, 11) is 1.74. The molecular weight excluding hydrogens is 180 g/mol. The van der Waals surface area contributed by atoms with Crippen molar-refractivity contribution in [3.63, 3.8) is 0 Å². The molecule has 1 aromatic heterocycles. The van der Waals surface area contributed by atoms with Crippen LogP contribution in [0.15, 0.2) is 18.3 Å². The highest BCUT2D eigenvalue weighted by Gasteiger charge is 2.08. The summed E-state index contributed by atoms with van der Waals surface area (Å²) < 4.78 is 0. The van der Waals surface area contributed by atoms with E-state index in [2.05, 4.69) is 20.8 Å². The number of rotatable bonds is 4. The Hall–Kier alpha value is -1.49. The van der Waals surface area contributed by atoms with Gasteiger partial charge in [0.15, 0.2) is 0 Å². The van der Waals surface area contributed by atoms with Gasteiger partial charge in [-0.3, -0.25) is 4.79 Å². The molecule has 0 aromatic carbocycles. The predicted octanol–water partition coefficient (Wildman–Crippen LogP) is -0.299. The lowest BCUT2D eigenvalue weighted by Gasteiger charge is -2.09. The molecule has 0 aliphatic rings. The Morgan fingerprint density at radius 2 is 2.43 bits per heavy atom. The zero-order chi connectivity index (χ0) is 10.4. The van der Waals surface area contributed by atoms with E-state index in [1.807, 2.05) is 6.07 Å². The Balaban J connectivity index is 2.38. The lowest BCUT2D eigenvalue weighted by Crippen LogP contribution is -2.40. The number of amides is 1. The Bertz CT molecular complexity index is 288. The smallest absolute Gasteiger partial charge is 0.237 e. The monoisotopic (exact) mass is 194 g/mol. The summed E-state index contributed by atoms with van der Waals surface area (Å²) in [4.78, 5) is 11.3. The van der Waals surface area contributed by atoms with E-state index >= 15 is 0 Å². The van der Waals surface area contributed by atoms with Gasteiger partial charge in [0.1, 0.15) is 0 Å². The maximum Gasteiger partial charge on any atom is 0.237 e. The van der Waals surface area contributed by atoms with Crippen LogP contribution in [0.5, 0.6) is 0 Å². The number of carbonyl (C=O) groups excluding carboxylic acids is 1. The van der Waals surface area contributed by atoms with Crippen LogP contribution in [0, 0.1) is 0 Å². The molecule has 0 aliphatic carbocycles. The highest BCUT2D eigenvalue weighted by molar-refractivity contribution is 5.81. The largest absolute Gasteiger partial charge is 0.349 e. The lowest BCUT2D eigenvalue weighted by molar-refractivity contribution is -0.122. The van der Waals surface area contributed by atoms with Gasteiger partial charge in [0.05, 0.1) is 18.3 Å². The van der Waals surface area contributed by atoms with Crippen LogP contribution in [0.3, 0.4) is 0 Å². The first-order valence-corrected chi connectivity index (χ1v) is 4.45. The third kappa shape index (κ3) is 3.10. The highest BCUT2D eigenvalue weighted by atomic mass is 16.2. The number of nitrogens with zero attached hydrogens (tertiary/aromatic N) is 2. The van der Waals surface area contributed by atoms with Crippen LogP contribution in [0.25, 0.3) is 0 Å². The van der Waals surface area contributed by atoms with Crippen molar-refractivity contribution in [2.24, 2.45) is 0 Å². The fraction of sp³-hybridized carbons (Fsp3) is 0.444. The third-order valence-electron chi connectivity index (χ3n) is 1.90. The number of carbonyl (C=O) groups is 1. The van der Waals surface area contributed by atoms with Crippen LogP contribution in [0.4, 0.5) is 0 Å². The molecule has 1 atom stereocenters. The van der Waals surface area contributed by atoms with Crippen molar-refractivity contribution < 1.29 is 4.79 Å². The van der Waals surface area contributed by atoms with Crippen molar-refractivity contribution in [1.29, 1.82) is 0 Å². The molecule has 1 unspecified atom stereocenters. The number of aromatic nitrogens is 2. The van der Waals surface area contributed by atoms with Crippen LogP contribution in [-0.2, 0) is 11.3 Å². The van der Waals surface area contributed by atoms with E-state index in [9.17, 15) is 4.79 Å². The average molecular weight is 194 g/mol. The van der Waals surface area contributed by atoms with Crippen molar-refractivity contribution in [3.8, 4) is 0 Å². The topological polar surface area (TPSA) is 66.9 Å². The molecule has 0 fully saturated rings. The van der Waals surface area contributed by atoms with Crippen LogP contribution < -0.4 is 10.6 Å². The second kappa shape index (κ2) is 5.29. The van der Waals surface area contributed by atoms with E-state index in [-0.39, 0.29) is 11.9 Å². The molecule has 1 amide bonds. The van der Waals surface area contributed by atoms with E-state index in [1.165, 1.54) is 0 Å². The molecule has 2 N–H and O–H groups in total. The van der Waals surface area contributed by atoms with E-state index in [0.717, 1.165) is 5.69 Å². The number of hydrogen-bond donors (Lipinski definition) is 2. The first-order valence-electron chi connectivity index (χ1n) is 4.45.